The molecule has 0 aliphatic carbocycles. The second kappa shape index (κ2) is 6.35. The lowest BCUT2D eigenvalue weighted by Gasteiger charge is -2.07. The molecule has 0 atom stereocenters. The molecule has 0 aliphatic heterocycles. The highest BCUT2D eigenvalue weighted by Crippen LogP contribution is 2.22. The summed E-state index contributed by atoms with van der Waals surface area (Å²) in [6, 6.07) is 0. The summed E-state index contributed by atoms with van der Waals surface area (Å²) in [4.78, 5) is 28.0. The first-order valence-electron chi connectivity index (χ1n) is 3.97. The molecule has 0 bridgehead atoms. The molecule has 72 valence electrons. The van der Waals surface area contributed by atoms with Crippen LogP contribution in [0.5, 0.6) is 0 Å². The van der Waals surface area contributed by atoms with Gasteiger partial charge in [0.1, 0.15) is 0 Å². The van der Waals surface area contributed by atoms with Gasteiger partial charge in [-0.2, -0.15) is 0 Å². The normalized spacial score (nSPS) is 10.8. The van der Waals surface area contributed by atoms with E-state index in [0.29, 0.717) is 19.1 Å². The molecule has 0 aromatic rings. The third kappa shape index (κ3) is 6.53. The SMILES string of the molecule is CC(C)C(=O)NCCCP(O)O. The molecule has 0 aromatic heterocycles. The minimum absolute atomic E-state index is 0.00485. The zero-order valence-corrected chi connectivity index (χ0v) is 8.34. The summed E-state index contributed by atoms with van der Waals surface area (Å²) >= 11 is 0. The topological polar surface area (TPSA) is 69.6 Å². The highest BCUT2D eigenvalue weighted by atomic mass is 31.2. The van der Waals surface area contributed by atoms with E-state index in [1.807, 2.05) is 13.8 Å². The van der Waals surface area contributed by atoms with Crippen LogP contribution in [0.25, 0.3) is 0 Å². The van der Waals surface area contributed by atoms with Crippen molar-refractivity contribution in [2.75, 3.05) is 12.7 Å². The summed E-state index contributed by atoms with van der Waals surface area (Å²) in [5.74, 6) is 0.00460. The lowest BCUT2D eigenvalue weighted by molar-refractivity contribution is -0.123. The minimum Gasteiger partial charge on any atom is -0.356 e. The van der Waals surface area contributed by atoms with Gasteiger partial charge in [0.05, 0.1) is 0 Å². The van der Waals surface area contributed by atoms with Crippen LogP contribution < -0.4 is 5.32 Å². The Morgan fingerprint density at radius 2 is 2.08 bits per heavy atom. The third-order valence-corrected chi connectivity index (χ3v) is 2.07. The van der Waals surface area contributed by atoms with Crippen molar-refractivity contribution in [1.82, 2.24) is 5.32 Å². The number of carbonyl (C=O) groups is 1. The lowest BCUT2D eigenvalue weighted by Crippen LogP contribution is -2.28. The summed E-state index contributed by atoms with van der Waals surface area (Å²) in [6.07, 6.45) is 0.991. The van der Waals surface area contributed by atoms with E-state index in [0.717, 1.165) is 0 Å². The molecule has 0 saturated heterocycles. The Kier molecular flexibility index (Phi) is 6.25. The molecule has 0 aliphatic rings. The van der Waals surface area contributed by atoms with Crippen LogP contribution in [0.3, 0.4) is 0 Å². The van der Waals surface area contributed by atoms with Crippen LogP contribution in [-0.4, -0.2) is 28.4 Å². The van der Waals surface area contributed by atoms with Gasteiger partial charge in [-0.25, -0.2) is 0 Å². The van der Waals surface area contributed by atoms with Crippen molar-refractivity contribution < 1.29 is 14.6 Å². The average Bonchev–Trinajstić information content (AvgIpc) is 1.97. The second-order valence-electron chi connectivity index (χ2n) is 2.90. The Morgan fingerprint density at radius 1 is 1.50 bits per heavy atom. The number of amides is 1. The van der Waals surface area contributed by atoms with E-state index in [-0.39, 0.29) is 11.8 Å². The molecule has 0 saturated carbocycles. The quantitative estimate of drug-likeness (QED) is 0.438. The monoisotopic (exact) mass is 193 g/mol. The maximum Gasteiger partial charge on any atom is 0.222 e. The molecule has 5 heteroatoms. The molecular formula is C7H16NO3P. The largest absolute Gasteiger partial charge is 0.356 e. The number of hydrogen-bond donors (Lipinski definition) is 3. The molecule has 12 heavy (non-hydrogen) atoms. The standard InChI is InChI=1S/C7H16NO3P/c1-6(2)7(9)8-4-3-5-12(10)11/h6,10-11H,3-5H2,1-2H3,(H,8,9). The summed E-state index contributed by atoms with van der Waals surface area (Å²) in [5, 5.41) is 2.69. The van der Waals surface area contributed by atoms with Crippen molar-refractivity contribution in [2.24, 2.45) is 5.92 Å². The third-order valence-electron chi connectivity index (χ3n) is 1.36. The Balaban J connectivity index is 3.26. The van der Waals surface area contributed by atoms with Crippen LogP contribution in [0, 0.1) is 5.92 Å². The predicted octanol–water partition coefficient (Wildman–Crippen LogP) is 0.445. The number of hydrogen-bond acceptors (Lipinski definition) is 3. The van der Waals surface area contributed by atoms with Gasteiger partial charge < -0.3 is 15.1 Å². The predicted molar refractivity (Wildman–Crippen MR) is 48.7 cm³/mol. The van der Waals surface area contributed by atoms with Crippen molar-refractivity contribution in [3.05, 3.63) is 0 Å². The number of nitrogens with one attached hydrogen (secondary N) is 1. The first-order chi connectivity index (χ1) is 5.54. The Bertz CT molecular complexity index is 139. The van der Waals surface area contributed by atoms with E-state index in [9.17, 15) is 4.79 Å². The molecule has 0 aromatic carbocycles. The van der Waals surface area contributed by atoms with E-state index in [1.54, 1.807) is 0 Å². The van der Waals surface area contributed by atoms with Crippen molar-refractivity contribution in [3.8, 4) is 0 Å². The summed E-state index contributed by atoms with van der Waals surface area (Å²) in [5.41, 5.74) is 0. The van der Waals surface area contributed by atoms with E-state index >= 15 is 0 Å². The molecule has 3 N–H and O–H groups in total. The van der Waals surface area contributed by atoms with Crippen molar-refractivity contribution >= 4 is 14.3 Å². The average molecular weight is 193 g/mol. The molecule has 4 nitrogen and oxygen atoms in total. The van der Waals surface area contributed by atoms with Gasteiger partial charge in [-0.15, -0.1) is 0 Å². The maximum absolute atomic E-state index is 11.0. The van der Waals surface area contributed by atoms with Crippen LogP contribution in [0.4, 0.5) is 0 Å². The van der Waals surface area contributed by atoms with E-state index in [1.165, 1.54) is 0 Å². The second-order valence-corrected chi connectivity index (χ2v) is 4.09. The van der Waals surface area contributed by atoms with E-state index in [2.05, 4.69) is 5.32 Å². The smallest absolute Gasteiger partial charge is 0.222 e. The fourth-order valence-corrected chi connectivity index (χ4v) is 1.08. The maximum atomic E-state index is 11.0. The zero-order valence-electron chi connectivity index (χ0n) is 7.45. The molecule has 1 amide bonds. The van der Waals surface area contributed by atoms with Crippen molar-refractivity contribution in [2.45, 2.75) is 20.3 Å². The molecule has 0 fully saturated rings. The van der Waals surface area contributed by atoms with Gasteiger partial charge in [0, 0.05) is 18.6 Å². The van der Waals surface area contributed by atoms with Crippen LogP contribution >= 0.6 is 8.38 Å². The van der Waals surface area contributed by atoms with Gasteiger partial charge in [-0.3, -0.25) is 4.79 Å². The zero-order chi connectivity index (χ0) is 9.56. The molecular weight excluding hydrogens is 177 g/mol. The van der Waals surface area contributed by atoms with E-state index in [4.69, 9.17) is 9.79 Å². The Labute approximate surface area is 73.9 Å². The summed E-state index contributed by atoms with van der Waals surface area (Å²) in [7, 11) is -1.80. The fraction of sp³-hybridized carbons (Fsp3) is 0.857. The Hall–Kier alpha value is -0.180. The first-order valence-corrected chi connectivity index (χ1v) is 5.40. The van der Waals surface area contributed by atoms with Gasteiger partial charge in [0.25, 0.3) is 0 Å². The fourth-order valence-electron chi connectivity index (χ4n) is 0.636. The van der Waals surface area contributed by atoms with Gasteiger partial charge in [-0.1, -0.05) is 13.8 Å². The van der Waals surface area contributed by atoms with Crippen LogP contribution in [0.1, 0.15) is 20.3 Å². The minimum atomic E-state index is -1.80. The highest BCUT2D eigenvalue weighted by molar-refractivity contribution is 7.45. The van der Waals surface area contributed by atoms with Gasteiger partial charge >= 0.3 is 0 Å². The van der Waals surface area contributed by atoms with Gasteiger partial charge in [0.2, 0.25) is 5.91 Å². The number of rotatable bonds is 5. The molecule has 0 rings (SSSR count). The van der Waals surface area contributed by atoms with Crippen molar-refractivity contribution in [3.63, 3.8) is 0 Å². The number of carbonyl (C=O) groups excluding carboxylic acids is 1. The van der Waals surface area contributed by atoms with Gasteiger partial charge in [0.15, 0.2) is 8.38 Å². The molecule has 0 unspecified atom stereocenters. The highest BCUT2D eigenvalue weighted by Gasteiger charge is 2.05. The lowest BCUT2D eigenvalue weighted by atomic mass is 10.2. The molecule has 0 radical (unpaired) electrons. The summed E-state index contributed by atoms with van der Waals surface area (Å²) < 4.78 is 0. The van der Waals surface area contributed by atoms with Gasteiger partial charge in [-0.05, 0) is 6.42 Å². The first kappa shape index (κ1) is 11.8. The van der Waals surface area contributed by atoms with Crippen LogP contribution in [-0.2, 0) is 4.79 Å². The van der Waals surface area contributed by atoms with Crippen LogP contribution in [0.2, 0.25) is 0 Å². The van der Waals surface area contributed by atoms with Crippen LogP contribution in [0.15, 0.2) is 0 Å². The summed E-state index contributed by atoms with van der Waals surface area (Å²) in [6.45, 7) is 4.16. The molecule has 0 spiro atoms. The molecule has 0 heterocycles. The van der Waals surface area contributed by atoms with Crippen molar-refractivity contribution in [1.29, 1.82) is 0 Å². The Morgan fingerprint density at radius 3 is 2.50 bits per heavy atom. The van der Waals surface area contributed by atoms with E-state index < -0.39 is 8.38 Å².